The first-order valence-electron chi connectivity index (χ1n) is 15.4. The van der Waals surface area contributed by atoms with E-state index in [1.54, 1.807) is 31.5 Å². The van der Waals surface area contributed by atoms with Crippen LogP contribution in [0, 0.1) is 11.6 Å². The SMILES string of the molecule is CCN(CC)CCCOc1cc2nccc(Oc3ccc(NC(=O)NN4C(=O)CSC4c4c(F)cccc4F)cc3OC)c2cc1OC. The molecule has 11 nitrogen and oxygen atoms in total. The third-order valence-electron chi connectivity index (χ3n) is 7.74. The maximum Gasteiger partial charge on any atom is 0.338 e. The molecule has 0 aliphatic carbocycles. The minimum absolute atomic E-state index is 0.0561. The quantitative estimate of drug-likeness (QED) is 0.140. The fraction of sp³-hybridized carbons (Fsp3) is 0.324. The zero-order valence-corrected chi connectivity index (χ0v) is 27.9. The molecule has 254 valence electrons. The number of hydrogen-bond donors (Lipinski definition) is 2. The molecule has 1 unspecified atom stereocenters. The molecule has 1 saturated heterocycles. The van der Waals surface area contributed by atoms with E-state index in [-0.39, 0.29) is 11.3 Å². The molecule has 0 bridgehead atoms. The number of carbonyl (C=O) groups excluding carboxylic acids is 2. The van der Waals surface area contributed by atoms with Crippen molar-refractivity contribution in [2.75, 3.05) is 51.5 Å². The number of carbonyl (C=O) groups is 2. The van der Waals surface area contributed by atoms with Crippen LogP contribution in [0.1, 0.15) is 31.2 Å². The molecule has 14 heteroatoms. The number of amides is 3. The van der Waals surface area contributed by atoms with Crippen LogP contribution < -0.4 is 29.7 Å². The van der Waals surface area contributed by atoms with Crippen molar-refractivity contribution in [1.82, 2.24) is 20.3 Å². The third-order valence-corrected chi connectivity index (χ3v) is 8.91. The Morgan fingerprint density at radius 3 is 2.42 bits per heavy atom. The number of hydrazine groups is 1. The van der Waals surface area contributed by atoms with Gasteiger partial charge in [0.2, 0.25) is 0 Å². The lowest BCUT2D eigenvalue weighted by molar-refractivity contribution is -0.130. The van der Waals surface area contributed by atoms with Gasteiger partial charge in [0.25, 0.3) is 5.91 Å². The Hall–Kier alpha value is -4.82. The first kappa shape index (κ1) is 34.5. The molecule has 0 saturated carbocycles. The van der Waals surface area contributed by atoms with Crippen LogP contribution in [0.5, 0.6) is 28.7 Å². The van der Waals surface area contributed by atoms with E-state index in [1.165, 1.54) is 19.2 Å². The minimum Gasteiger partial charge on any atom is -0.493 e. The van der Waals surface area contributed by atoms with Crippen LogP contribution in [-0.4, -0.2) is 73.0 Å². The highest BCUT2D eigenvalue weighted by Crippen LogP contribution is 2.41. The van der Waals surface area contributed by atoms with Gasteiger partial charge in [0, 0.05) is 35.9 Å². The molecule has 2 heterocycles. The van der Waals surface area contributed by atoms with E-state index in [1.807, 2.05) is 12.1 Å². The Morgan fingerprint density at radius 1 is 0.979 bits per heavy atom. The summed E-state index contributed by atoms with van der Waals surface area (Å²) in [6.45, 7) is 7.72. The van der Waals surface area contributed by atoms with Gasteiger partial charge < -0.3 is 29.2 Å². The Balaban J connectivity index is 1.28. The number of thioether (sulfide) groups is 1. The van der Waals surface area contributed by atoms with Gasteiger partial charge in [0.15, 0.2) is 23.0 Å². The van der Waals surface area contributed by atoms with E-state index in [2.05, 4.69) is 34.5 Å². The maximum absolute atomic E-state index is 14.4. The summed E-state index contributed by atoms with van der Waals surface area (Å²) in [6.07, 6.45) is 2.49. The van der Waals surface area contributed by atoms with Gasteiger partial charge in [-0.2, -0.15) is 0 Å². The van der Waals surface area contributed by atoms with Crippen LogP contribution in [0.3, 0.4) is 0 Å². The number of ether oxygens (including phenoxy) is 4. The summed E-state index contributed by atoms with van der Waals surface area (Å²) in [7, 11) is 3.03. The third kappa shape index (κ3) is 7.82. The van der Waals surface area contributed by atoms with Crippen molar-refractivity contribution in [2.24, 2.45) is 0 Å². The summed E-state index contributed by atoms with van der Waals surface area (Å²) in [5.41, 5.74) is 3.05. The standard InChI is InChI=1S/C34H37F2N5O6S/c1-5-40(6-2)15-8-16-46-30-19-25-22(18-29(30)45-4)26(13-14-37-25)47-27-12-11-21(17-28(27)44-3)38-34(43)39-41-31(42)20-48-33(41)32-23(35)9-7-10-24(32)36/h7,9-14,17-19,33H,5-6,8,15-16,20H2,1-4H3,(H2,38,39,43). The van der Waals surface area contributed by atoms with E-state index in [9.17, 15) is 18.4 Å². The van der Waals surface area contributed by atoms with Gasteiger partial charge in [-0.15, -0.1) is 11.8 Å². The monoisotopic (exact) mass is 681 g/mol. The largest absolute Gasteiger partial charge is 0.493 e. The number of fused-ring (bicyclic) bond motifs is 1. The van der Waals surface area contributed by atoms with E-state index in [0.29, 0.717) is 51.9 Å². The average molecular weight is 682 g/mol. The van der Waals surface area contributed by atoms with E-state index < -0.39 is 28.9 Å². The van der Waals surface area contributed by atoms with Gasteiger partial charge in [0.1, 0.15) is 22.8 Å². The number of urea groups is 1. The van der Waals surface area contributed by atoms with Crippen LogP contribution in [0.25, 0.3) is 10.9 Å². The summed E-state index contributed by atoms with van der Waals surface area (Å²) >= 11 is 1.00. The maximum atomic E-state index is 14.4. The number of hydrogen-bond acceptors (Lipinski definition) is 9. The first-order chi connectivity index (χ1) is 23.3. The molecule has 4 aromatic rings. The Bertz CT molecular complexity index is 1760. The highest BCUT2D eigenvalue weighted by atomic mass is 32.2. The number of anilines is 1. The van der Waals surface area contributed by atoms with Gasteiger partial charge in [-0.25, -0.2) is 24.0 Å². The number of nitrogens with one attached hydrogen (secondary N) is 2. The summed E-state index contributed by atoms with van der Waals surface area (Å²) in [4.78, 5) is 32.2. The Labute approximate surface area is 281 Å². The summed E-state index contributed by atoms with van der Waals surface area (Å²) < 4.78 is 52.4. The summed E-state index contributed by atoms with van der Waals surface area (Å²) in [6, 6.07) is 12.7. The van der Waals surface area contributed by atoms with Crippen LogP contribution in [0.2, 0.25) is 0 Å². The molecule has 48 heavy (non-hydrogen) atoms. The number of nitrogens with zero attached hydrogens (tertiary/aromatic N) is 3. The number of methoxy groups -OCH3 is 2. The average Bonchev–Trinajstić information content (AvgIpc) is 3.43. The van der Waals surface area contributed by atoms with Gasteiger partial charge >= 0.3 is 6.03 Å². The molecular formula is C34H37F2N5O6S. The van der Waals surface area contributed by atoms with E-state index in [0.717, 1.165) is 55.0 Å². The smallest absolute Gasteiger partial charge is 0.338 e. The highest BCUT2D eigenvalue weighted by molar-refractivity contribution is 8.00. The second-order valence-electron chi connectivity index (χ2n) is 10.7. The molecule has 2 N–H and O–H groups in total. The molecule has 1 fully saturated rings. The Morgan fingerprint density at radius 2 is 1.71 bits per heavy atom. The normalized spacial score (nSPS) is 14.4. The predicted molar refractivity (Wildman–Crippen MR) is 180 cm³/mol. The van der Waals surface area contributed by atoms with Crippen LogP contribution in [0.4, 0.5) is 19.3 Å². The van der Waals surface area contributed by atoms with Crippen LogP contribution in [-0.2, 0) is 4.79 Å². The number of halogens is 2. The van der Waals surface area contributed by atoms with Gasteiger partial charge in [0.05, 0.1) is 37.7 Å². The molecule has 1 aromatic heterocycles. The summed E-state index contributed by atoms with van der Waals surface area (Å²) in [5.74, 6) is 0.0782. The van der Waals surface area contributed by atoms with Crippen LogP contribution in [0.15, 0.2) is 60.8 Å². The van der Waals surface area contributed by atoms with Crippen molar-refractivity contribution in [3.63, 3.8) is 0 Å². The molecule has 1 aliphatic heterocycles. The predicted octanol–water partition coefficient (Wildman–Crippen LogP) is 6.74. The summed E-state index contributed by atoms with van der Waals surface area (Å²) in [5, 5.41) is 3.16. The molecule has 3 aromatic carbocycles. The fourth-order valence-corrected chi connectivity index (χ4v) is 6.37. The minimum atomic E-state index is -1.07. The molecule has 0 radical (unpaired) electrons. The van der Waals surface area contributed by atoms with Gasteiger partial charge in [-0.3, -0.25) is 9.78 Å². The second-order valence-corrected chi connectivity index (χ2v) is 11.7. The van der Waals surface area contributed by atoms with Crippen LogP contribution >= 0.6 is 11.8 Å². The number of benzene rings is 3. The topological polar surface area (TPSA) is 114 Å². The lowest BCUT2D eigenvalue weighted by Gasteiger charge is -2.25. The number of aromatic nitrogens is 1. The van der Waals surface area contributed by atoms with E-state index in [4.69, 9.17) is 18.9 Å². The number of pyridine rings is 1. The molecule has 3 amide bonds. The molecule has 1 aliphatic rings. The van der Waals surface area contributed by atoms with Gasteiger partial charge in [-0.1, -0.05) is 19.9 Å². The molecule has 1 atom stereocenters. The zero-order valence-electron chi connectivity index (χ0n) is 27.0. The molecule has 0 spiro atoms. The molecular weight excluding hydrogens is 644 g/mol. The van der Waals surface area contributed by atoms with Crippen molar-refractivity contribution >= 4 is 40.3 Å². The lowest BCUT2D eigenvalue weighted by Crippen LogP contribution is -2.46. The second kappa shape index (κ2) is 15.8. The zero-order chi connectivity index (χ0) is 34.2. The van der Waals surface area contributed by atoms with Crippen molar-refractivity contribution in [1.29, 1.82) is 0 Å². The number of rotatable bonds is 14. The fourth-order valence-electron chi connectivity index (χ4n) is 5.22. The van der Waals surface area contributed by atoms with Crippen molar-refractivity contribution in [3.05, 3.63) is 78.0 Å². The first-order valence-corrected chi connectivity index (χ1v) is 16.4. The van der Waals surface area contributed by atoms with E-state index >= 15 is 0 Å². The van der Waals surface area contributed by atoms with Crippen molar-refractivity contribution in [2.45, 2.75) is 25.6 Å². The lowest BCUT2D eigenvalue weighted by atomic mass is 10.1. The molecule has 5 rings (SSSR count). The van der Waals surface area contributed by atoms with Crippen molar-refractivity contribution in [3.8, 4) is 28.7 Å². The Kier molecular flexibility index (Phi) is 11.4. The van der Waals surface area contributed by atoms with Crippen molar-refractivity contribution < 1.29 is 37.3 Å². The highest BCUT2D eigenvalue weighted by Gasteiger charge is 2.37. The van der Waals surface area contributed by atoms with Gasteiger partial charge in [-0.05, 0) is 55.9 Å².